The number of benzene rings is 2. The Bertz CT molecular complexity index is 1260. The number of fused-ring (bicyclic) bond motifs is 3. The van der Waals surface area contributed by atoms with Gasteiger partial charge in [-0.1, -0.05) is 24.3 Å². The van der Waals surface area contributed by atoms with Gasteiger partial charge in [-0.2, -0.15) is 5.10 Å². The predicted molar refractivity (Wildman–Crippen MR) is 123 cm³/mol. The van der Waals surface area contributed by atoms with E-state index in [-0.39, 0.29) is 18.2 Å². The molecule has 2 amide bonds. The topological polar surface area (TPSA) is 75.5 Å². The summed E-state index contributed by atoms with van der Waals surface area (Å²) < 4.78 is 2.27. The van der Waals surface area contributed by atoms with Crippen molar-refractivity contribution in [3.8, 4) is 0 Å². The molecule has 0 saturated heterocycles. The number of aryl methyl sites for hydroxylation is 1. The lowest BCUT2D eigenvalue weighted by Gasteiger charge is -2.07. The summed E-state index contributed by atoms with van der Waals surface area (Å²) in [5.74, 6) is -0.456. The Morgan fingerprint density at radius 3 is 2.60 bits per heavy atom. The highest BCUT2D eigenvalue weighted by Crippen LogP contribution is 2.31. The molecule has 2 heterocycles. The molecule has 7 heteroatoms. The first-order chi connectivity index (χ1) is 14.6. The van der Waals surface area contributed by atoms with E-state index in [4.69, 9.17) is 0 Å². The van der Waals surface area contributed by atoms with E-state index in [0.717, 1.165) is 23.1 Å². The highest BCUT2D eigenvalue weighted by Gasteiger charge is 2.12. The van der Waals surface area contributed by atoms with Crippen molar-refractivity contribution in [1.82, 2.24) is 9.99 Å². The number of hydrazone groups is 1. The van der Waals surface area contributed by atoms with Crippen LogP contribution >= 0.6 is 11.3 Å². The molecule has 0 aliphatic carbocycles. The van der Waals surface area contributed by atoms with Crippen molar-refractivity contribution >= 4 is 56.4 Å². The van der Waals surface area contributed by atoms with Crippen LogP contribution in [0.15, 0.2) is 65.1 Å². The van der Waals surface area contributed by atoms with Crippen LogP contribution in [0.4, 0.5) is 5.69 Å². The van der Waals surface area contributed by atoms with Crippen LogP contribution in [-0.2, 0) is 11.3 Å². The van der Waals surface area contributed by atoms with Crippen LogP contribution in [0.2, 0.25) is 0 Å². The summed E-state index contributed by atoms with van der Waals surface area (Å²) in [7, 11) is 0. The van der Waals surface area contributed by atoms with Gasteiger partial charge in [-0.05, 0) is 49.6 Å². The molecule has 2 aromatic carbocycles. The maximum Gasteiger partial charge on any atom is 0.281 e. The summed E-state index contributed by atoms with van der Waals surface area (Å²) in [5.41, 5.74) is 6.08. The molecular weight excluding hydrogens is 396 g/mol. The highest BCUT2D eigenvalue weighted by molar-refractivity contribution is 7.12. The van der Waals surface area contributed by atoms with Gasteiger partial charge in [-0.25, -0.2) is 5.43 Å². The minimum atomic E-state index is -0.275. The molecule has 0 fully saturated rings. The standard InChI is InChI=1S/C23H22N4O2S/c1-3-27-19-8-5-4-7-17(19)18-14-16(10-11-20(18)27)24-22(28)13-15(2)25-26-23(29)21-9-6-12-30-21/h4-12,14H,3,13H2,1-2H3,(H,24,28)(H,26,29). The third-order valence-corrected chi connectivity index (χ3v) is 5.75. The van der Waals surface area contributed by atoms with Crippen molar-refractivity contribution in [2.24, 2.45) is 5.10 Å². The molecule has 30 heavy (non-hydrogen) atoms. The largest absolute Gasteiger partial charge is 0.341 e. The van der Waals surface area contributed by atoms with Gasteiger partial charge in [-0.3, -0.25) is 9.59 Å². The van der Waals surface area contributed by atoms with Crippen LogP contribution in [-0.4, -0.2) is 22.1 Å². The first kappa shape index (κ1) is 19.8. The number of hydrogen-bond acceptors (Lipinski definition) is 4. The van der Waals surface area contributed by atoms with Gasteiger partial charge < -0.3 is 9.88 Å². The summed E-state index contributed by atoms with van der Waals surface area (Å²) in [6.07, 6.45) is 0.0967. The van der Waals surface area contributed by atoms with Crippen molar-refractivity contribution in [2.45, 2.75) is 26.8 Å². The lowest BCUT2D eigenvalue weighted by molar-refractivity contribution is -0.115. The minimum Gasteiger partial charge on any atom is -0.341 e. The first-order valence-electron chi connectivity index (χ1n) is 9.74. The molecule has 0 aliphatic heterocycles. The van der Waals surface area contributed by atoms with Crippen LogP contribution in [0.1, 0.15) is 29.9 Å². The molecular formula is C23H22N4O2S. The van der Waals surface area contributed by atoms with Crippen molar-refractivity contribution < 1.29 is 9.59 Å². The lowest BCUT2D eigenvalue weighted by atomic mass is 10.1. The van der Waals surface area contributed by atoms with E-state index in [9.17, 15) is 9.59 Å². The zero-order chi connectivity index (χ0) is 21.1. The van der Waals surface area contributed by atoms with Crippen molar-refractivity contribution in [3.05, 3.63) is 64.9 Å². The SMILES string of the molecule is CCn1c2ccccc2c2cc(NC(=O)CC(C)=NNC(=O)c3cccs3)ccc21. The second-order valence-electron chi connectivity index (χ2n) is 6.98. The molecule has 0 saturated carbocycles. The molecule has 0 atom stereocenters. The number of hydrogen-bond donors (Lipinski definition) is 2. The zero-order valence-electron chi connectivity index (χ0n) is 16.8. The molecule has 0 radical (unpaired) electrons. The first-order valence-corrected chi connectivity index (χ1v) is 10.6. The van der Waals surface area contributed by atoms with E-state index >= 15 is 0 Å². The fourth-order valence-electron chi connectivity index (χ4n) is 3.56. The van der Waals surface area contributed by atoms with Crippen LogP contribution in [0.5, 0.6) is 0 Å². The van der Waals surface area contributed by atoms with Crippen LogP contribution < -0.4 is 10.7 Å². The number of rotatable bonds is 6. The fourth-order valence-corrected chi connectivity index (χ4v) is 4.17. The number of carbonyl (C=O) groups excluding carboxylic acids is 2. The average molecular weight is 419 g/mol. The number of nitrogens with zero attached hydrogens (tertiary/aromatic N) is 2. The summed E-state index contributed by atoms with van der Waals surface area (Å²) in [4.78, 5) is 25.0. The average Bonchev–Trinajstić information content (AvgIpc) is 3.38. The molecule has 152 valence electrons. The maximum absolute atomic E-state index is 12.4. The number of aromatic nitrogens is 1. The van der Waals surface area contributed by atoms with Crippen molar-refractivity contribution in [1.29, 1.82) is 0 Å². The third kappa shape index (κ3) is 3.97. The second kappa shape index (κ2) is 8.51. The molecule has 0 bridgehead atoms. The van der Waals surface area contributed by atoms with Gasteiger partial charge in [0, 0.05) is 39.7 Å². The molecule has 4 aromatic rings. The van der Waals surface area contributed by atoms with E-state index in [2.05, 4.69) is 39.5 Å². The van der Waals surface area contributed by atoms with E-state index in [1.807, 2.05) is 35.7 Å². The third-order valence-electron chi connectivity index (χ3n) is 4.88. The van der Waals surface area contributed by atoms with E-state index < -0.39 is 0 Å². The number of para-hydroxylation sites is 1. The predicted octanol–water partition coefficient (Wildman–Crippen LogP) is 5.01. The molecule has 6 nitrogen and oxygen atoms in total. The second-order valence-corrected chi connectivity index (χ2v) is 7.93. The molecule has 0 aliphatic rings. The normalized spacial score (nSPS) is 11.7. The highest BCUT2D eigenvalue weighted by atomic mass is 32.1. The quantitative estimate of drug-likeness (QED) is 0.341. The number of thiophene rings is 1. The Hall–Kier alpha value is -3.45. The Morgan fingerprint density at radius 2 is 1.83 bits per heavy atom. The summed E-state index contributed by atoms with van der Waals surface area (Å²) >= 11 is 1.34. The van der Waals surface area contributed by atoms with Gasteiger partial charge >= 0.3 is 0 Å². The lowest BCUT2D eigenvalue weighted by Crippen LogP contribution is -2.20. The Balaban J connectivity index is 1.47. The zero-order valence-corrected chi connectivity index (χ0v) is 17.6. The summed E-state index contributed by atoms with van der Waals surface area (Å²) in [6.45, 7) is 4.72. The maximum atomic E-state index is 12.4. The van der Waals surface area contributed by atoms with Crippen LogP contribution in [0, 0.1) is 0 Å². The van der Waals surface area contributed by atoms with Crippen LogP contribution in [0.25, 0.3) is 21.8 Å². The molecule has 2 N–H and O–H groups in total. The van der Waals surface area contributed by atoms with Crippen LogP contribution in [0.3, 0.4) is 0 Å². The van der Waals surface area contributed by atoms with Crippen molar-refractivity contribution in [3.63, 3.8) is 0 Å². The molecule has 4 rings (SSSR count). The Morgan fingerprint density at radius 1 is 1.03 bits per heavy atom. The fraction of sp³-hybridized carbons (Fsp3) is 0.174. The molecule has 0 unspecified atom stereocenters. The van der Waals surface area contributed by atoms with Gasteiger partial charge in [0.1, 0.15) is 0 Å². The minimum absolute atomic E-state index is 0.0967. The van der Waals surface area contributed by atoms with E-state index in [0.29, 0.717) is 10.6 Å². The summed E-state index contributed by atoms with van der Waals surface area (Å²) in [6, 6.07) is 17.8. The van der Waals surface area contributed by atoms with E-state index in [1.54, 1.807) is 19.1 Å². The molecule has 0 spiro atoms. The monoisotopic (exact) mass is 418 g/mol. The van der Waals surface area contributed by atoms with Gasteiger partial charge in [0.15, 0.2) is 0 Å². The number of carbonyl (C=O) groups is 2. The van der Waals surface area contributed by atoms with Gasteiger partial charge in [0.05, 0.1) is 11.3 Å². The van der Waals surface area contributed by atoms with E-state index in [1.165, 1.54) is 22.2 Å². The van der Waals surface area contributed by atoms with Crippen molar-refractivity contribution in [2.75, 3.05) is 5.32 Å². The smallest absolute Gasteiger partial charge is 0.281 e. The Labute approximate surface area is 178 Å². The van der Waals surface area contributed by atoms with Gasteiger partial charge in [0.25, 0.3) is 5.91 Å². The Kier molecular flexibility index (Phi) is 5.63. The van der Waals surface area contributed by atoms with Gasteiger partial charge in [0.2, 0.25) is 5.91 Å². The number of nitrogens with one attached hydrogen (secondary N) is 2. The molecule has 2 aromatic heterocycles. The summed E-state index contributed by atoms with van der Waals surface area (Å²) in [5, 5.41) is 11.1. The van der Waals surface area contributed by atoms with Gasteiger partial charge in [-0.15, -0.1) is 11.3 Å². The number of amides is 2. The number of anilines is 1.